The molecule has 0 N–H and O–H groups in total. The van der Waals surface area contributed by atoms with Crippen molar-refractivity contribution in [2.24, 2.45) is 0 Å². The molecule has 0 spiro atoms. The molecule has 0 radical (unpaired) electrons. The second-order valence-electron chi connectivity index (χ2n) is 2.82. The van der Waals surface area contributed by atoms with Crippen molar-refractivity contribution in [2.45, 2.75) is 5.16 Å². The Morgan fingerprint density at radius 2 is 2.20 bits per heavy atom. The van der Waals surface area contributed by atoms with E-state index in [4.69, 9.17) is 0 Å². The minimum absolute atomic E-state index is 0.233. The minimum atomic E-state index is -1.22. The zero-order valence-electron chi connectivity index (χ0n) is 7.99. The molecule has 2 rings (SSSR count). The number of pyridine rings is 1. The van der Waals surface area contributed by atoms with Crippen LogP contribution in [0.4, 0.5) is 0 Å². The van der Waals surface area contributed by atoms with E-state index in [-0.39, 0.29) is 5.16 Å². The Hall–Kier alpha value is -1.69. The lowest BCUT2D eigenvalue weighted by molar-refractivity contribution is 0.675. The van der Waals surface area contributed by atoms with Gasteiger partial charge in [-0.05, 0) is 12.1 Å². The molecule has 2 aromatic rings. The molecule has 2 aromatic heterocycles. The van der Waals surface area contributed by atoms with Crippen LogP contribution in [0.15, 0.2) is 35.9 Å². The summed E-state index contributed by atoms with van der Waals surface area (Å²) in [6.07, 6.45) is 6.39. The maximum absolute atomic E-state index is 11.2. The van der Waals surface area contributed by atoms with E-state index >= 15 is 0 Å². The van der Waals surface area contributed by atoms with Gasteiger partial charge in [-0.2, -0.15) is 5.10 Å². The van der Waals surface area contributed by atoms with Crippen molar-refractivity contribution in [3.8, 4) is 11.3 Å². The third-order valence-electron chi connectivity index (χ3n) is 1.75. The van der Waals surface area contributed by atoms with Crippen molar-refractivity contribution in [1.29, 1.82) is 0 Å². The molecule has 0 amide bonds. The van der Waals surface area contributed by atoms with Crippen LogP contribution in [-0.2, 0) is 10.8 Å². The molecule has 0 aliphatic heterocycles. The number of aromatic nitrogens is 4. The Morgan fingerprint density at radius 3 is 2.87 bits per heavy atom. The lowest BCUT2D eigenvalue weighted by Gasteiger charge is -1.99. The topological polar surface area (TPSA) is 68.6 Å². The molecule has 0 aromatic carbocycles. The Labute approximate surface area is 89.1 Å². The van der Waals surface area contributed by atoms with E-state index in [0.717, 1.165) is 5.56 Å². The molecular weight excluding hydrogens is 212 g/mol. The quantitative estimate of drug-likeness (QED) is 0.744. The molecule has 0 fully saturated rings. The van der Waals surface area contributed by atoms with Gasteiger partial charge in [-0.25, -0.2) is 4.98 Å². The first-order valence-corrected chi connectivity index (χ1v) is 5.77. The van der Waals surface area contributed by atoms with Gasteiger partial charge in [-0.3, -0.25) is 9.19 Å². The van der Waals surface area contributed by atoms with Crippen LogP contribution in [0.2, 0.25) is 0 Å². The maximum Gasteiger partial charge on any atom is 0.239 e. The predicted molar refractivity (Wildman–Crippen MR) is 55.4 cm³/mol. The van der Waals surface area contributed by atoms with Gasteiger partial charge in [0.25, 0.3) is 0 Å². The molecule has 2 heterocycles. The van der Waals surface area contributed by atoms with E-state index in [9.17, 15) is 4.21 Å². The lowest BCUT2D eigenvalue weighted by atomic mass is 10.2. The minimum Gasteiger partial charge on any atom is -0.264 e. The van der Waals surface area contributed by atoms with Crippen molar-refractivity contribution >= 4 is 10.8 Å². The first-order chi connectivity index (χ1) is 7.27. The summed E-state index contributed by atoms with van der Waals surface area (Å²) in [5.74, 6) is 0. The zero-order valence-corrected chi connectivity index (χ0v) is 8.81. The highest BCUT2D eigenvalue weighted by atomic mass is 32.2. The van der Waals surface area contributed by atoms with E-state index in [0.29, 0.717) is 5.69 Å². The van der Waals surface area contributed by atoms with Crippen LogP contribution in [0.1, 0.15) is 0 Å². The van der Waals surface area contributed by atoms with Gasteiger partial charge in [-0.1, -0.05) is 0 Å². The first-order valence-electron chi connectivity index (χ1n) is 4.21. The summed E-state index contributed by atoms with van der Waals surface area (Å²) >= 11 is 0. The van der Waals surface area contributed by atoms with Crippen molar-refractivity contribution < 1.29 is 4.21 Å². The number of hydrogen-bond donors (Lipinski definition) is 0. The molecular formula is C9H8N4OS. The number of nitrogens with zero attached hydrogens (tertiary/aromatic N) is 4. The van der Waals surface area contributed by atoms with E-state index in [2.05, 4.69) is 20.2 Å². The summed E-state index contributed by atoms with van der Waals surface area (Å²) in [4.78, 5) is 8.10. The second kappa shape index (κ2) is 4.22. The van der Waals surface area contributed by atoms with Crippen LogP contribution in [0.25, 0.3) is 11.3 Å². The molecule has 6 heteroatoms. The van der Waals surface area contributed by atoms with Crippen molar-refractivity contribution in [3.63, 3.8) is 0 Å². The molecule has 15 heavy (non-hydrogen) atoms. The van der Waals surface area contributed by atoms with Crippen LogP contribution >= 0.6 is 0 Å². The average Bonchev–Trinajstić information content (AvgIpc) is 2.30. The summed E-state index contributed by atoms with van der Waals surface area (Å²) < 4.78 is 11.2. The summed E-state index contributed by atoms with van der Waals surface area (Å²) in [7, 11) is -1.22. The zero-order chi connectivity index (χ0) is 10.7. The fourth-order valence-electron chi connectivity index (χ4n) is 1.06. The Morgan fingerprint density at radius 1 is 1.33 bits per heavy atom. The van der Waals surface area contributed by atoms with Crippen molar-refractivity contribution in [2.75, 3.05) is 6.26 Å². The summed E-state index contributed by atoms with van der Waals surface area (Å²) in [5, 5.41) is 7.66. The molecule has 0 aliphatic carbocycles. The highest BCUT2D eigenvalue weighted by molar-refractivity contribution is 7.84. The first kappa shape index (κ1) is 9.85. The third-order valence-corrected chi connectivity index (χ3v) is 2.44. The Balaban J connectivity index is 2.46. The van der Waals surface area contributed by atoms with Gasteiger partial charge in [0.2, 0.25) is 5.16 Å². The smallest absolute Gasteiger partial charge is 0.239 e. The van der Waals surface area contributed by atoms with Gasteiger partial charge >= 0.3 is 0 Å². The fourth-order valence-corrected chi connectivity index (χ4v) is 1.45. The summed E-state index contributed by atoms with van der Waals surface area (Å²) in [6, 6.07) is 3.67. The van der Waals surface area contributed by atoms with Gasteiger partial charge in [0.05, 0.1) is 22.7 Å². The largest absolute Gasteiger partial charge is 0.264 e. The van der Waals surface area contributed by atoms with Crippen LogP contribution in [0.3, 0.4) is 0 Å². The van der Waals surface area contributed by atoms with Gasteiger partial charge < -0.3 is 0 Å². The summed E-state index contributed by atoms with van der Waals surface area (Å²) in [6.45, 7) is 0. The average molecular weight is 220 g/mol. The summed E-state index contributed by atoms with van der Waals surface area (Å²) in [5.41, 5.74) is 1.46. The van der Waals surface area contributed by atoms with Gasteiger partial charge in [0.15, 0.2) is 0 Å². The molecule has 76 valence electrons. The van der Waals surface area contributed by atoms with Crippen molar-refractivity contribution in [3.05, 3.63) is 30.7 Å². The number of rotatable bonds is 2. The standard InChI is InChI=1S/C9H8N4OS/c1-15(14)9-12-8(6-11-13-9)7-3-2-4-10-5-7/h2-6H,1H3. The monoisotopic (exact) mass is 220 g/mol. The van der Waals surface area contributed by atoms with E-state index < -0.39 is 10.8 Å². The second-order valence-corrected chi connectivity index (χ2v) is 4.09. The number of hydrogen-bond acceptors (Lipinski definition) is 5. The molecule has 0 bridgehead atoms. The fraction of sp³-hybridized carbons (Fsp3) is 0.111. The van der Waals surface area contributed by atoms with Gasteiger partial charge in [0.1, 0.15) is 0 Å². The SMILES string of the molecule is CS(=O)c1nncc(-c2cccnc2)n1. The maximum atomic E-state index is 11.2. The van der Waals surface area contributed by atoms with E-state index in [1.165, 1.54) is 12.5 Å². The van der Waals surface area contributed by atoms with Gasteiger partial charge in [-0.15, -0.1) is 5.10 Å². The van der Waals surface area contributed by atoms with Gasteiger partial charge in [0, 0.05) is 24.2 Å². The van der Waals surface area contributed by atoms with Crippen LogP contribution in [0, 0.1) is 0 Å². The lowest BCUT2D eigenvalue weighted by Crippen LogP contribution is -2.00. The molecule has 0 saturated heterocycles. The molecule has 1 unspecified atom stereocenters. The molecule has 1 atom stereocenters. The van der Waals surface area contributed by atoms with Crippen LogP contribution in [0.5, 0.6) is 0 Å². The van der Waals surface area contributed by atoms with Crippen molar-refractivity contribution in [1.82, 2.24) is 20.2 Å². The molecule has 0 aliphatic rings. The Kier molecular flexibility index (Phi) is 2.77. The highest BCUT2D eigenvalue weighted by Crippen LogP contribution is 2.13. The van der Waals surface area contributed by atoms with Crippen LogP contribution < -0.4 is 0 Å². The third kappa shape index (κ3) is 2.21. The molecule has 0 saturated carbocycles. The van der Waals surface area contributed by atoms with E-state index in [1.807, 2.05) is 6.07 Å². The van der Waals surface area contributed by atoms with Crippen LogP contribution in [-0.4, -0.2) is 30.6 Å². The Bertz CT molecular complexity index is 488. The molecule has 5 nitrogen and oxygen atoms in total. The highest BCUT2D eigenvalue weighted by Gasteiger charge is 2.05. The normalized spacial score (nSPS) is 12.3. The van der Waals surface area contributed by atoms with E-state index in [1.54, 1.807) is 18.5 Å². The predicted octanol–water partition coefficient (Wildman–Crippen LogP) is 0.671.